The van der Waals surface area contributed by atoms with Crippen molar-refractivity contribution in [1.82, 2.24) is 5.32 Å². The predicted octanol–water partition coefficient (Wildman–Crippen LogP) is 3.16. The van der Waals surface area contributed by atoms with E-state index >= 15 is 0 Å². The van der Waals surface area contributed by atoms with Gasteiger partial charge >= 0.3 is 0 Å². The average Bonchev–Trinajstić information content (AvgIpc) is 2.32. The summed E-state index contributed by atoms with van der Waals surface area (Å²) in [7, 11) is -0.736. The molecular formula is C16H25NOS. The van der Waals surface area contributed by atoms with Gasteiger partial charge in [-0.05, 0) is 36.3 Å². The normalized spacial score (nSPS) is 24.5. The molecule has 3 atom stereocenters. The van der Waals surface area contributed by atoms with Crippen molar-refractivity contribution in [3.8, 4) is 0 Å². The van der Waals surface area contributed by atoms with Gasteiger partial charge in [-0.2, -0.15) is 0 Å². The minimum atomic E-state index is -0.736. The van der Waals surface area contributed by atoms with Crippen LogP contribution in [-0.4, -0.2) is 22.3 Å². The largest absolute Gasteiger partial charge is 0.307 e. The van der Waals surface area contributed by atoms with E-state index in [4.69, 9.17) is 0 Å². The summed E-state index contributed by atoms with van der Waals surface area (Å²) in [6.45, 7) is 6.78. The maximum atomic E-state index is 11.3. The van der Waals surface area contributed by atoms with Crippen molar-refractivity contribution in [3.63, 3.8) is 0 Å². The highest BCUT2D eigenvalue weighted by atomic mass is 32.2. The zero-order valence-electron chi connectivity index (χ0n) is 12.4. The Balaban J connectivity index is 2.18. The van der Waals surface area contributed by atoms with Crippen LogP contribution in [0.4, 0.5) is 0 Å². The lowest BCUT2D eigenvalue weighted by atomic mass is 9.71. The van der Waals surface area contributed by atoms with E-state index in [9.17, 15) is 4.21 Å². The van der Waals surface area contributed by atoms with Gasteiger partial charge in [-0.3, -0.25) is 4.21 Å². The highest BCUT2D eigenvalue weighted by Crippen LogP contribution is 2.41. The maximum Gasteiger partial charge on any atom is 0.0383 e. The van der Waals surface area contributed by atoms with Crippen molar-refractivity contribution in [2.24, 2.45) is 0 Å². The van der Waals surface area contributed by atoms with Gasteiger partial charge in [0.1, 0.15) is 0 Å². The minimum Gasteiger partial charge on any atom is -0.307 e. The zero-order valence-corrected chi connectivity index (χ0v) is 13.2. The number of benzene rings is 1. The number of hydrogen-bond donors (Lipinski definition) is 1. The van der Waals surface area contributed by atoms with Gasteiger partial charge in [-0.25, -0.2) is 0 Å². The molecule has 3 unspecified atom stereocenters. The van der Waals surface area contributed by atoms with Crippen LogP contribution in [0.2, 0.25) is 0 Å². The molecule has 0 saturated carbocycles. The van der Waals surface area contributed by atoms with E-state index in [0.717, 1.165) is 12.2 Å². The smallest absolute Gasteiger partial charge is 0.0383 e. The molecule has 0 heterocycles. The van der Waals surface area contributed by atoms with Crippen LogP contribution in [-0.2, 0) is 16.2 Å². The highest BCUT2D eigenvalue weighted by Gasteiger charge is 2.32. The fourth-order valence-electron chi connectivity index (χ4n) is 3.13. The molecule has 19 heavy (non-hydrogen) atoms. The molecule has 0 aromatic heterocycles. The summed E-state index contributed by atoms with van der Waals surface area (Å²) in [4.78, 5) is 0. The van der Waals surface area contributed by atoms with Crippen LogP contribution in [0.5, 0.6) is 0 Å². The Labute approximate surface area is 119 Å². The summed E-state index contributed by atoms with van der Waals surface area (Å²) in [6.07, 6.45) is 4.13. The molecule has 0 radical (unpaired) electrons. The molecule has 0 aliphatic heterocycles. The second-order valence-corrected chi connectivity index (χ2v) is 7.85. The predicted molar refractivity (Wildman–Crippen MR) is 83.0 cm³/mol. The van der Waals surface area contributed by atoms with Crippen molar-refractivity contribution >= 4 is 10.8 Å². The topological polar surface area (TPSA) is 29.1 Å². The molecule has 1 N–H and O–H groups in total. The Hall–Kier alpha value is -0.670. The molecule has 0 amide bonds. The van der Waals surface area contributed by atoms with E-state index < -0.39 is 10.8 Å². The Bertz CT molecular complexity index is 470. The molecule has 2 nitrogen and oxygen atoms in total. The number of hydrogen-bond acceptors (Lipinski definition) is 2. The van der Waals surface area contributed by atoms with Gasteiger partial charge in [0.2, 0.25) is 0 Å². The summed E-state index contributed by atoms with van der Waals surface area (Å²) >= 11 is 0. The van der Waals surface area contributed by atoms with Crippen LogP contribution in [0.15, 0.2) is 24.3 Å². The Morgan fingerprint density at radius 3 is 2.79 bits per heavy atom. The Morgan fingerprint density at radius 2 is 2.11 bits per heavy atom. The van der Waals surface area contributed by atoms with Crippen LogP contribution in [0, 0.1) is 0 Å². The zero-order chi connectivity index (χ0) is 14.0. The van der Waals surface area contributed by atoms with Crippen LogP contribution in [0.25, 0.3) is 0 Å². The second-order valence-electron chi connectivity index (χ2n) is 6.37. The van der Waals surface area contributed by atoms with E-state index in [1.165, 1.54) is 17.5 Å². The Morgan fingerprint density at radius 1 is 1.42 bits per heavy atom. The first-order chi connectivity index (χ1) is 8.90. The summed E-state index contributed by atoms with van der Waals surface area (Å²) in [6, 6.07) is 9.45. The minimum absolute atomic E-state index is 0.269. The lowest BCUT2D eigenvalue weighted by Crippen LogP contribution is -2.38. The molecule has 3 heteroatoms. The van der Waals surface area contributed by atoms with Gasteiger partial charge in [-0.1, -0.05) is 38.1 Å². The van der Waals surface area contributed by atoms with Gasteiger partial charge in [0.05, 0.1) is 0 Å². The van der Waals surface area contributed by atoms with Gasteiger partial charge in [-0.15, -0.1) is 0 Å². The molecule has 0 spiro atoms. The maximum absolute atomic E-state index is 11.3. The third-order valence-electron chi connectivity index (χ3n) is 4.09. The Kier molecular flexibility index (Phi) is 4.46. The molecule has 1 aromatic rings. The lowest BCUT2D eigenvalue weighted by Gasteiger charge is -2.38. The van der Waals surface area contributed by atoms with Crippen LogP contribution < -0.4 is 5.32 Å². The first kappa shape index (κ1) is 14.7. The quantitative estimate of drug-likeness (QED) is 0.917. The summed E-state index contributed by atoms with van der Waals surface area (Å²) in [5.41, 5.74) is 3.15. The van der Waals surface area contributed by atoms with Crippen molar-refractivity contribution in [2.45, 2.75) is 51.1 Å². The molecule has 0 fully saturated rings. The first-order valence-electron chi connectivity index (χ1n) is 7.05. The van der Waals surface area contributed by atoms with Crippen LogP contribution in [0.3, 0.4) is 0 Å². The van der Waals surface area contributed by atoms with E-state index in [1.54, 1.807) is 6.26 Å². The fourth-order valence-corrected chi connectivity index (χ4v) is 3.93. The van der Waals surface area contributed by atoms with Gasteiger partial charge in [0.15, 0.2) is 0 Å². The van der Waals surface area contributed by atoms with Crippen LogP contribution >= 0.6 is 0 Å². The molecule has 0 saturated heterocycles. The molecule has 1 aliphatic rings. The third kappa shape index (κ3) is 3.46. The number of rotatable bonds is 4. The van der Waals surface area contributed by atoms with Gasteiger partial charge < -0.3 is 5.32 Å². The molecule has 0 bridgehead atoms. The average molecular weight is 279 g/mol. The van der Waals surface area contributed by atoms with Crippen LogP contribution in [0.1, 0.15) is 50.8 Å². The highest BCUT2D eigenvalue weighted by molar-refractivity contribution is 7.84. The molecule has 1 aliphatic carbocycles. The SMILES string of the molecule is CC(CS(C)=O)NC1CCC(C)(C)c2ccccc21. The van der Waals surface area contributed by atoms with Crippen molar-refractivity contribution in [3.05, 3.63) is 35.4 Å². The van der Waals surface area contributed by atoms with E-state index in [2.05, 4.69) is 50.4 Å². The lowest BCUT2D eigenvalue weighted by molar-refractivity contribution is 0.344. The summed E-state index contributed by atoms with van der Waals surface area (Å²) in [5.74, 6) is 0.724. The molecule has 106 valence electrons. The monoisotopic (exact) mass is 279 g/mol. The summed E-state index contributed by atoms with van der Waals surface area (Å²) in [5, 5.41) is 3.65. The number of fused-ring (bicyclic) bond motifs is 1. The summed E-state index contributed by atoms with van der Waals surface area (Å²) < 4.78 is 11.3. The van der Waals surface area contributed by atoms with E-state index in [-0.39, 0.29) is 5.41 Å². The standard InChI is InChI=1S/C16H25NOS/c1-12(11-19(4)18)17-15-9-10-16(2,3)14-8-6-5-7-13(14)15/h5-8,12,15,17H,9-11H2,1-4H3. The second kappa shape index (κ2) is 5.76. The van der Waals surface area contributed by atoms with Crippen molar-refractivity contribution in [1.29, 1.82) is 0 Å². The van der Waals surface area contributed by atoms with Crippen molar-refractivity contribution < 1.29 is 4.21 Å². The van der Waals surface area contributed by atoms with Gasteiger partial charge in [0, 0.05) is 34.9 Å². The third-order valence-corrected chi connectivity index (χ3v) is 5.06. The first-order valence-corrected chi connectivity index (χ1v) is 8.78. The molecular weight excluding hydrogens is 254 g/mol. The van der Waals surface area contributed by atoms with Crippen molar-refractivity contribution in [2.75, 3.05) is 12.0 Å². The molecule has 1 aromatic carbocycles. The fraction of sp³-hybridized carbons (Fsp3) is 0.625. The van der Waals surface area contributed by atoms with E-state index in [1.807, 2.05) is 0 Å². The molecule has 2 rings (SSSR count). The number of nitrogens with one attached hydrogen (secondary N) is 1. The van der Waals surface area contributed by atoms with E-state index in [0.29, 0.717) is 12.1 Å². The van der Waals surface area contributed by atoms with Gasteiger partial charge in [0.25, 0.3) is 0 Å².